The van der Waals surface area contributed by atoms with Crippen molar-refractivity contribution in [3.05, 3.63) is 65.2 Å². The van der Waals surface area contributed by atoms with Gasteiger partial charge < -0.3 is 5.32 Å². The number of aromatic nitrogens is 1. The molecule has 0 radical (unpaired) electrons. The predicted octanol–water partition coefficient (Wildman–Crippen LogP) is 4.40. The maximum Gasteiger partial charge on any atom is 0.224 e. The van der Waals surface area contributed by atoms with Gasteiger partial charge in [0, 0.05) is 23.1 Å². The van der Waals surface area contributed by atoms with Crippen LogP contribution in [0.15, 0.2) is 53.6 Å². The Bertz CT molecular complexity index is 1030. The predicted molar refractivity (Wildman–Crippen MR) is 105 cm³/mol. The van der Waals surface area contributed by atoms with Crippen molar-refractivity contribution in [2.24, 2.45) is 0 Å². The Balaban J connectivity index is 1.50. The van der Waals surface area contributed by atoms with Crippen LogP contribution in [0.2, 0.25) is 0 Å². The first-order chi connectivity index (χ1) is 12.6. The zero-order valence-corrected chi connectivity index (χ0v) is 15.2. The van der Waals surface area contributed by atoms with E-state index in [1.54, 1.807) is 6.07 Å². The first-order valence-corrected chi connectivity index (χ1v) is 9.54. The Labute approximate surface area is 156 Å². The van der Waals surface area contributed by atoms with Crippen molar-refractivity contribution in [3.8, 4) is 0 Å². The lowest BCUT2D eigenvalue weighted by Gasteiger charge is -2.17. The topological polar surface area (TPSA) is 59.1 Å². The normalized spacial score (nSPS) is 13.3. The van der Waals surface area contributed by atoms with Crippen LogP contribution in [0.4, 0.5) is 5.69 Å². The van der Waals surface area contributed by atoms with Crippen LogP contribution < -0.4 is 5.32 Å². The van der Waals surface area contributed by atoms with E-state index in [1.165, 1.54) is 11.8 Å². The zero-order chi connectivity index (χ0) is 18.1. The van der Waals surface area contributed by atoms with Crippen molar-refractivity contribution in [2.75, 3.05) is 11.1 Å². The Morgan fingerprint density at radius 2 is 2.00 bits per heavy atom. The van der Waals surface area contributed by atoms with Crippen LogP contribution in [0.25, 0.3) is 10.9 Å². The third-order valence-corrected chi connectivity index (χ3v) is 5.48. The molecule has 1 aromatic heterocycles. The summed E-state index contributed by atoms with van der Waals surface area (Å²) in [6, 6.07) is 15.6. The molecular weight excluding hydrogens is 344 g/mol. The lowest BCUT2D eigenvalue weighted by atomic mass is 9.99. The molecule has 3 aromatic rings. The Hall–Kier alpha value is -2.66. The van der Waals surface area contributed by atoms with Gasteiger partial charge in [-0.25, -0.2) is 4.98 Å². The van der Waals surface area contributed by atoms with E-state index < -0.39 is 0 Å². The molecule has 0 atom stereocenters. The van der Waals surface area contributed by atoms with Gasteiger partial charge >= 0.3 is 0 Å². The van der Waals surface area contributed by atoms with Crippen LogP contribution in [-0.4, -0.2) is 22.4 Å². The third-order valence-electron chi connectivity index (χ3n) is 4.57. The smallest absolute Gasteiger partial charge is 0.224 e. The highest BCUT2D eigenvalue weighted by atomic mass is 32.2. The third kappa shape index (κ3) is 3.35. The van der Waals surface area contributed by atoms with Crippen molar-refractivity contribution in [1.29, 1.82) is 0 Å². The molecule has 0 fully saturated rings. The first-order valence-electron chi connectivity index (χ1n) is 8.55. The number of anilines is 1. The van der Waals surface area contributed by atoms with Gasteiger partial charge in [0.2, 0.25) is 5.91 Å². The number of Topliss-reactive ketones (excluding diaryl/α,β-unsaturated/α-hetero) is 1. The van der Waals surface area contributed by atoms with E-state index in [9.17, 15) is 9.59 Å². The summed E-state index contributed by atoms with van der Waals surface area (Å²) in [6.07, 6.45) is 1.15. The molecule has 1 aliphatic heterocycles. The van der Waals surface area contributed by atoms with E-state index in [0.717, 1.165) is 32.7 Å². The van der Waals surface area contributed by atoms with Crippen molar-refractivity contribution >= 4 is 40.0 Å². The van der Waals surface area contributed by atoms with Gasteiger partial charge in [-0.2, -0.15) is 0 Å². The summed E-state index contributed by atoms with van der Waals surface area (Å²) in [5.41, 5.74) is 4.64. The minimum Gasteiger partial charge on any atom is -0.326 e. The Morgan fingerprint density at radius 1 is 1.15 bits per heavy atom. The largest absolute Gasteiger partial charge is 0.326 e. The first kappa shape index (κ1) is 16.8. The number of carbonyl (C=O) groups excluding carboxylic acids is 2. The monoisotopic (exact) mass is 362 g/mol. The van der Waals surface area contributed by atoms with E-state index in [2.05, 4.69) is 23.3 Å². The summed E-state index contributed by atoms with van der Waals surface area (Å²) in [7, 11) is 0. The lowest BCUT2D eigenvalue weighted by molar-refractivity contribution is -0.116. The molecule has 0 saturated carbocycles. The minimum absolute atomic E-state index is 0.0323. The van der Waals surface area contributed by atoms with E-state index in [0.29, 0.717) is 24.2 Å². The maximum atomic E-state index is 12.6. The summed E-state index contributed by atoms with van der Waals surface area (Å²) in [5.74, 6) is 0.447. The van der Waals surface area contributed by atoms with E-state index in [-0.39, 0.29) is 11.7 Å². The van der Waals surface area contributed by atoms with Crippen LogP contribution >= 0.6 is 11.8 Å². The van der Waals surface area contributed by atoms with Gasteiger partial charge in [-0.05, 0) is 54.8 Å². The van der Waals surface area contributed by atoms with Gasteiger partial charge in [0.15, 0.2) is 5.78 Å². The highest BCUT2D eigenvalue weighted by molar-refractivity contribution is 7.99. The molecule has 130 valence electrons. The summed E-state index contributed by atoms with van der Waals surface area (Å²) < 4.78 is 0. The number of para-hydroxylation sites is 1. The average molecular weight is 362 g/mol. The number of fused-ring (bicyclic) bond motifs is 2. The molecule has 1 N–H and O–H groups in total. The number of thioether (sulfide) groups is 1. The lowest BCUT2D eigenvalue weighted by Crippen LogP contribution is -2.19. The van der Waals surface area contributed by atoms with Crippen LogP contribution in [-0.2, 0) is 11.2 Å². The van der Waals surface area contributed by atoms with Crippen molar-refractivity contribution in [3.63, 3.8) is 0 Å². The molecule has 4 nitrogen and oxygen atoms in total. The number of amides is 1. The van der Waals surface area contributed by atoms with Crippen molar-refractivity contribution in [2.45, 2.75) is 24.8 Å². The van der Waals surface area contributed by atoms with E-state index >= 15 is 0 Å². The fourth-order valence-corrected chi connectivity index (χ4v) is 4.04. The molecule has 0 saturated heterocycles. The Kier molecular flexibility index (Phi) is 4.47. The quantitative estimate of drug-likeness (QED) is 0.552. The van der Waals surface area contributed by atoms with Crippen LogP contribution in [0.5, 0.6) is 0 Å². The van der Waals surface area contributed by atoms with E-state index in [4.69, 9.17) is 0 Å². The van der Waals surface area contributed by atoms with E-state index in [1.807, 2.05) is 36.4 Å². The molecule has 0 aliphatic carbocycles. The zero-order valence-electron chi connectivity index (χ0n) is 14.4. The number of hydrogen-bond acceptors (Lipinski definition) is 4. The van der Waals surface area contributed by atoms with Gasteiger partial charge in [0.05, 0.1) is 16.3 Å². The number of nitrogens with zero attached hydrogens (tertiary/aromatic N) is 1. The van der Waals surface area contributed by atoms with Gasteiger partial charge in [-0.15, -0.1) is 0 Å². The summed E-state index contributed by atoms with van der Waals surface area (Å²) >= 11 is 1.46. The molecule has 2 aromatic carbocycles. The second kappa shape index (κ2) is 6.92. The number of hydrogen-bond donors (Lipinski definition) is 1. The highest BCUT2D eigenvalue weighted by Gasteiger charge is 2.17. The molecule has 0 unspecified atom stereocenters. The molecule has 5 heteroatoms. The highest BCUT2D eigenvalue weighted by Crippen LogP contribution is 2.26. The number of nitrogens with one attached hydrogen (secondary N) is 1. The second-order valence-electron chi connectivity index (χ2n) is 6.43. The minimum atomic E-state index is 0.0323. The summed E-state index contributed by atoms with van der Waals surface area (Å²) in [4.78, 5) is 28.7. The van der Waals surface area contributed by atoms with Crippen LogP contribution in [0, 0.1) is 6.92 Å². The molecule has 1 aliphatic rings. The molecule has 0 spiro atoms. The van der Waals surface area contributed by atoms with Gasteiger partial charge in [0.25, 0.3) is 0 Å². The Morgan fingerprint density at radius 3 is 2.88 bits per heavy atom. The number of carbonyl (C=O) groups is 2. The fraction of sp³-hybridized carbons (Fsp3) is 0.190. The maximum absolute atomic E-state index is 12.6. The standard InChI is InChI=1S/C21H18N2O2S/c1-13-10-21(23-18-5-3-2-4-16(13)18)26-12-19(24)15-6-8-17-14(11-15)7-9-20(25)22-17/h2-6,8,10-11H,7,9,12H2,1H3,(H,22,25). The summed E-state index contributed by atoms with van der Waals surface area (Å²) in [5, 5.41) is 4.84. The number of ketones is 1. The molecule has 2 heterocycles. The van der Waals surface area contributed by atoms with Crippen LogP contribution in [0.1, 0.15) is 27.9 Å². The number of rotatable bonds is 4. The molecule has 1 amide bonds. The van der Waals surface area contributed by atoms with Gasteiger partial charge in [-0.3, -0.25) is 9.59 Å². The molecular formula is C21H18N2O2S. The number of pyridine rings is 1. The molecule has 0 bridgehead atoms. The number of aryl methyl sites for hydroxylation is 2. The van der Waals surface area contributed by atoms with Gasteiger partial charge in [0.1, 0.15) is 0 Å². The van der Waals surface area contributed by atoms with Crippen LogP contribution in [0.3, 0.4) is 0 Å². The van der Waals surface area contributed by atoms with Crippen molar-refractivity contribution in [1.82, 2.24) is 4.98 Å². The molecule has 26 heavy (non-hydrogen) atoms. The number of benzene rings is 2. The molecule has 4 rings (SSSR count). The fourth-order valence-electron chi connectivity index (χ4n) is 3.17. The van der Waals surface area contributed by atoms with Crippen molar-refractivity contribution < 1.29 is 9.59 Å². The second-order valence-corrected chi connectivity index (χ2v) is 7.42. The summed E-state index contributed by atoms with van der Waals surface area (Å²) in [6.45, 7) is 2.06. The average Bonchev–Trinajstić information content (AvgIpc) is 2.65. The van der Waals surface area contributed by atoms with Gasteiger partial charge in [-0.1, -0.05) is 30.0 Å². The SMILES string of the molecule is Cc1cc(SCC(=O)c2ccc3c(c2)CCC(=O)N3)nc2ccccc12.